The highest BCUT2D eigenvalue weighted by molar-refractivity contribution is 5.34. The number of para-hydroxylation sites is 1. The monoisotopic (exact) mass is 364 g/mol. The first-order chi connectivity index (χ1) is 13.3. The van der Waals surface area contributed by atoms with Crippen LogP contribution in [-0.4, -0.2) is 43.1 Å². The molecule has 27 heavy (non-hydrogen) atoms. The maximum Gasteiger partial charge on any atom is 0.123 e. The van der Waals surface area contributed by atoms with Crippen molar-refractivity contribution in [2.75, 3.05) is 33.3 Å². The second-order valence-corrected chi connectivity index (χ2v) is 8.03. The van der Waals surface area contributed by atoms with Crippen LogP contribution in [-0.2, 0) is 25.9 Å². The standard InChI is InChI=1S/C24H32N2O/c1-27-24-10-6-5-9-23(24)19-26-15-13-25(14-16-26)18-20-11-12-21-7-3-2-4-8-22(21)17-20/h5-6,9-12,17H,2-4,7-8,13-16,18-19H2,1H3. The van der Waals surface area contributed by atoms with Crippen molar-refractivity contribution < 1.29 is 4.74 Å². The largest absolute Gasteiger partial charge is 0.496 e. The SMILES string of the molecule is COc1ccccc1CN1CCN(Cc2ccc3c(c2)CCCCC3)CC1. The molecule has 144 valence electrons. The lowest BCUT2D eigenvalue weighted by Crippen LogP contribution is -2.45. The van der Waals surface area contributed by atoms with E-state index < -0.39 is 0 Å². The molecule has 2 aromatic carbocycles. The molecular weight excluding hydrogens is 332 g/mol. The summed E-state index contributed by atoms with van der Waals surface area (Å²) < 4.78 is 5.50. The topological polar surface area (TPSA) is 15.7 Å². The molecule has 1 aliphatic carbocycles. The van der Waals surface area contributed by atoms with E-state index in [1.807, 2.05) is 6.07 Å². The maximum atomic E-state index is 5.50. The first kappa shape index (κ1) is 18.5. The average Bonchev–Trinajstić information content (AvgIpc) is 2.95. The summed E-state index contributed by atoms with van der Waals surface area (Å²) in [6.07, 6.45) is 6.66. The quantitative estimate of drug-likeness (QED) is 0.737. The predicted octanol–water partition coefficient (Wildman–Crippen LogP) is 4.28. The highest BCUT2D eigenvalue weighted by atomic mass is 16.5. The number of benzene rings is 2. The number of hydrogen-bond acceptors (Lipinski definition) is 3. The molecule has 0 saturated carbocycles. The first-order valence-corrected chi connectivity index (χ1v) is 10.5. The summed E-state index contributed by atoms with van der Waals surface area (Å²) in [6, 6.07) is 15.6. The summed E-state index contributed by atoms with van der Waals surface area (Å²) in [5.74, 6) is 1.00. The number of aryl methyl sites for hydroxylation is 2. The van der Waals surface area contributed by atoms with Gasteiger partial charge in [0.2, 0.25) is 0 Å². The van der Waals surface area contributed by atoms with Crippen LogP contribution in [0.25, 0.3) is 0 Å². The lowest BCUT2D eigenvalue weighted by molar-refractivity contribution is 0.121. The fourth-order valence-corrected chi connectivity index (χ4v) is 4.50. The number of methoxy groups -OCH3 is 1. The second kappa shape index (κ2) is 8.90. The molecule has 1 heterocycles. The molecular formula is C24H32N2O. The minimum Gasteiger partial charge on any atom is -0.496 e. The third-order valence-electron chi connectivity index (χ3n) is 6.12. The van der Waals surface area contributed by atoms with Crippen molar-refractivity contribution in [3.05, 3.63) is 64.7 Å². The molecule has 0 radical (unpaired) electrons. The van der Waals surface area contributed by atoms with Gasteiger partial charge in [-0.05, 0) is 48.4 Å². The van der Waals surface area contributed by atoms with Crippen molar-refractivity contribution in [3.63, 3.8) is 0 Å². The Balaban J connectivity index is 1.31. The molecule has 0 spiro atoms. The Labute approximate surface area is 163 Å². The Morgan fingerprint density at radius 1 is 0.778 bits per heavy atom. The van der Waals surface area contributed by atoms with Gasteiger partial charge in [-0.3, -0.25) is 9.80 Å². The van der Waals surface area contributed by atoms with Crippen molar-refractivity contribution in [1.29, 1.82) is 0 Å². The van der Waals surface area contributed by atoms with E-state index >= 15 is 0 Å². The molecule has 2 aliphatic rings. The highest BCUT2D eigenvalue weighted by Gasteiger charge is 2.18. The van der Waals surface area contributed by atoms with Gasteiger partial charge in [0.1, 0.15) is 5.75 Å². The molecule has 4 rings (SSSR count). The van der Waals surface area contributed by atoms with Gasteiger partial charge < -0.3 is 4.74 Å². The molecule has 0 amide bonds. The molecule has 3 nitrogen and oxygen atoms in total. The van der Waals surface area contributed by atoms with E-state index in [2.05, 4.69) is 46.2 Å². The summed E-state index contributed by atoms with van der Waals surface area (Å²) in [5.41, 5.74) is 5.99. The van der Waals surface area contributed by atoms with Crippen LogP contribution >= 0.6 is 0 Å². The zero-order valence-electron chi connectivity index (χ0n) is 16.6. The second-order valence-electron chi connectivity index (χ2n) is 8.03. The molecule has 1 saturated heterocycles. The van der Waals surface area contributed by atoms with Crippen molar-refractivity contribution in [2.24, 2.45) is 0 Å². The summed E-state index contributed by atoms with van der Waals surface area (Å²) >= 11 is 0. The van der Waals surface area contributed by atoms with Crippen LogP contribution < -0.4 is 4.74 Å². The number of rotatable bonds is 5. The summed E-state index contributed by atoms with van der Waals surface area (Å²) in [6.45, 7) is 6.62. The molecule has 0 bridgehead atoms. The van der Waals surface area contributed by atoms with Gasteiger partial charge in [-0.1, -0.05) is 42.8 Å². The van der Waals surface area contributed by atoms with E-state index in [0.717, 1.165) is 45.0 Å². The van der Waals surface area contributed by atoms with E-state index in [0.29, 0.717) is 0 Å². The van der Waals surface area contributed by atoms with Crippen molar-refractivity contribution in [1.82, 2.24) is 9.80 Å². The summed E-state index contributed by atoms with van der Waals surface area (Å²) in [4.78, 5) is 5.16. The fraction of sp³-hybridized carbons (Fsp3) is 0.500. The molecule has 2 aromatic rings. The van der Waals surface area contributed by atoms with Gasteiger partial charge >= 0.3 is 0 Å². The van der Waals surface area contributed by atoms with Gasteiger partial charge in [0.25, 0.3) is 0 Å². The van der Waals surface area contributed by atoms with Crippen LogP contribution in [0.3, 0.4) is 0 Å². The Morgan fingerprint density at radius 3 is 2.26 bits per heavy atom. The van der Waals surface area contributed by atoms with Crippen molar-refractivity contribution in [2.45, 2.75) is 45.2 Å². The van der Waals surface area contributed by atoms with E-state index in [1.165, 1.54) is 43.2 Å². The number of hydrogen-bond donors (Lipinski definition) is 0. The Hall–Kier alpha value is -1.84. The number of nitrogens with zero attached hydrogens (tertiary/aromatic N) is 2. The lowest BCUT2D eigenvalue weighted by Gasteiger charge is -2.35. The van der Waals surface area contributed by atoms with Crippen LogP contribution in [0.1, 0.15) is 41.5 Å². The molecule has 0 aromatic heterocycles. The van der Waals surface area contributed by atoms with Gasteiger partial charge in [-0.15, -0.1) is 0 Å². The van der Waals surface area contributed by atoms with Gasteiger partial charge in [0, 0.05) is 44.8 Å². The average molecular weight is 365 g/mol. The van der Waals surface area contributed by atoms with Gasteiger partial charge in [0.05, 0.1) is 7.11 Å². The lowest BCUT2D eigenvalue weighted by atomic mass is 10.00. The van der Waals surface area contributed by atoms with Gasteiger partial charge in [-0.2, -0.15) is 0 Å². The maximum absolute atomic E-state index is 5.50. The summed E-state index contributed by atoms with van der Waals surface area (Å²) in [5, 5.41) is 0. The minimum atomic E-state index is 0.983. The van der Waals surface area contributed by atoms with Crippen LogP contribution in [0.4, 0.5) is 0 Å². The van der Waals surface area contributed by atoms with E-state index in [-0.39, 0.29) is 0 Å². The van der Waals surface area contributed by atoms with Crippen LogP contribution in [0.2, 0.25) is 0 Å². The normalized spacial score (nSPS) is 18.7. The van der Waals surface area contributed by atoms with E-state index in [9.17, 15) is 0 Å². The number of ether oxygens (including phenoxy) is 1. The molecule has 0 N–H and O–H groups in total. The zero-order valence-corrected chi connectivity index (χ0v) is 16.6. The smallest absolute Gasteiger partial charge is 0.123 e. The van der Waals surface area contributed by atoms with Crippen LogP contribution in [0.5, 0.6) is 5.75 Å². The predicted molar refractivity (Wildman–Crippen MR) is 111 cm³/mol. The first-order valence-electron chi connectivity index (χ1n) is 10.5. The molecule has 0 unspecified atom stereocenters. The molecule has 1 fully saturated rings. The van der Waals surface area contributed by atoms with Crippen LogP contribution in [0.15, 0.2) is 42.5 Å². The van der Waals surface area contributed by atoms with E-state index in [1.54, 1.807) is 18.2 Å². The van der Waals surface area contributed by atoms with Gasteiger partial charge in [-0.25, -0.2) is 0 Å². The highest BCUT2D eigenvalue weighted by Crippen LogP contribution is 2.23. The fourth-order valence-electron chi connectivity index (χ4n) is 4.50. The van der Waals surface area contributed by atoms with Gasteiger partial charge in [0.15, 0.2) is 0 Å². The minimum absolute atomic E-state index is 0.983. The van der Waals surface area contributed by atoms with Crippen LogP contribution in [0, 0.1) is 0 Å². The number of piperazine rings is 1. The van der Waals surface area contributed by atoms with E-state index in [4.69, 9.17) is 4.74 Å². The zero-order chi connectivity index (χ0) is 18.5. The van der Waals surface area contributed by atoms with Crippen molar-refractivity contribution >= 4 is 0 Å². The third-order valence-corrected chi connectivity index (χ3v) is 6.12. The Morgan fingerprint density at radius 2 is 1.48 bits per heavy atom. The molecule has 3 heteroatoms. The molecule has 1 aliphatic heterocycles. The van der Waals surface area contributed by atoms with Crippen molar-refractivity contribution in [3.8, 4) is 5.75 Å². The number of fused-ring (bicyclic) bond motifs is 1. The Kier molecular flexibility index (Phi) is 6.10. The third kappa shape index (κ3) is 4.72. The molecule has 0 atom stereocenters. The summed E-state index contributed by atoms with van der Waals surface area (Å²) in [7, 11) is 1.76. The Bertz CT molecular complexity index is 750.